The second kappa shape index (κ2) is 7.48. The molecule has 0 spiro atoms. The van der Waals surface area contributed by atoms with Crippen molar-refractivity contribution in [2.75, 3.05) is 13.7 Å². The first-order valence-corrected chi connectivity index (χ1v) is 6.96. The number of halogens is 4. The van der Waals surface area contributed by atoms with Gasteiger partial charge >= 0.3 is 12.3 Å². The molecule has 0 saturated carbocycles. The third kappa shape index (κ3) is 5.07. The van der Waals surface area contributed by atoms with E-state index in [9.17, 15) is 18.0 Å². The first kappa shape index (κ1) is 17.5. The largest absolute Gasteiger partial charge is 0.573 e. The number of hydrogen-bond donors (Lipinski definition) is 0. The summed E-state index contributed by atoms with van der Waals surface area (Å²) in [4.78, 5) is 15.4. The van der Waals surface area contributed by atoms with Gasteiger partial charge in [0.05, 0.1) is 25.7 Å². The maximum atomic E-state index is 12.5. The maximum absolute atomic E-state index is 12.5. The summed E-state index contributed by atoms with van der Waals surface area (Å²) in [6, 6.07) is 0. The molecule has 1 aromatic rings. The summed E-state index contributed by atoms with van der Waals surface area (Å²) in [6.45, 7) is 1.71. The number of hydrogen-bond acceptors (Lipinski definition) is 5. The third-order valence-corrected chi connectivity index (χ3v) is 2.95. The quantitative estimate of drug-likeness (QED) is 0.568. The molecule has 0 N–H and O–H groups in total. The van der Waals surface area contributed by atoms with E-state index < -0.39 is 24.5 Å². The molecule has 0 unspecified atom stereocenters. The zero-order valence-electron chi connectivity index (χ0n) is 11.3. The van der Waals surface area contributed by atoms with Gasteiger partial charge in [0, 0.05) is 17.1 Å². The smallest absolute Gasteiger partial charge is 0.481 e. The molecule has 118 valence electrons. The zero-order valence-corrected chi connectivity index (χ0v) is 12.9. The van der Waals surface area contributed by atoms with E-state index in [0.29, 0.717) is 0 Å². The van der Waals surface area contributed by atoms with Crippen LogP contribution in [0.2, 0.25) is 0 Å². The molecule has 9 heteroatoms. The molecule has 0 atom stereocenters. The number of nitrogens with zero attached hydrogens (tertiary/aromatic N) is 1. The number of carbonyl (C=O) groups is 1. The van der Waals surface area contributed by atoms with Crippen molar-refractivity contribution in [3.05, 3.63) is 17.3 Å². The highest BCUT2D eigenvalue weighted by molar-refractivity contribution is 9.08. The van der Waals surface area contributed by atoms with Crippen LogP contribution >= 0.6 is 15.9 Å². The molecule has 0 aliphatic rings. The molecule has 0 fully saturated rings. The SMILES string of the molecule is CCOC(=O)Cc1c(OC)ncc(CBr)c1OC(F)(F)F. The summed E-state index contributed by atoms with van der Waals surface area (Å²) < 4.78 is 51.3. The van der Waals surface area contributed by atoms with Crippen molar-refractivity contribution in [1.29, 1.82) is 0 Å². The van der Waals surface area contributed by atoms with Gasteiger partial charge in [-0.2, -0.15) is 0 Å². The number of pyridine rings is 1. The van der Waals surface area contributed by atoms with Gasteiger partial charge in [0.1, 0.15) is 5.75 Å². The Kier molecular flexibility index (Phi) is 6.25. The summed E-state index contributed by atoms with van der Waals surface area (Å²) >= 11 is 3.05. The van der Waals surface area contributed by atoms with Crippen molar-refractivity contribution >= 4 is 21.9 Å². The van der Waals surface area contributed by atoms with Crippen LogP contribution in [0.1, 0.15) is 18.1 Å². The van der Waals surface area contributed by atoms with Crippen molar-refractivity contribution in [3.63, 3.8) is 0 Å². The van der Waals surface area contributed by atoms with Crippen LogP contribution in [-0.2, 0) is 21.3 Å². The molecular weight excluding hydrogens is 359 g/mol. The van der Waals surface area contributed by atoms with Crippen LogP contribution in [0.4, 0.5) is 13.2 Å². The number of ether oxygens (including phenoxy) is 3. The molecular formula is C12H13BrF3NO4. The minimum Gasteiger partial charge on any atom is -0.481 e. The lowest BCUT2D eigenvalue weighted by Gasteiger charge is -2.17. The fraction of sp³-hybridized carbons (Fsp3) is 0.500. The highest BCUT2D eigenvalue weighted by atomic mass is 79.9. The average molecular weight is 372 g/mol. The topological polar surface area (TPSA) is 57.7 Å². The number of aromatic nitrogens is 1. The van der Waals surface area contributed by atoms with Gasteiger partial charge in [-0.15, -0.1) is 13.2 Å². The maximum Gasteiger partial charge on any atom is 0.573 e. The number of alkyl halides is 4. The van der Waals surface area contributed by atoms with E-state index in [1.165, 1.54) is 13.3 Å². The van der Waals surface area contributed by atoms with Crippen LogP contribution in [0.3, 0.4) is 0 Å². The van der Waals surface area contributed by atoms with E-state index in [1.54, 1.807) is 6.92 Å². The summed E-state index contributed by atoms with van der Waals surface area (Å²) in [6.07, 6.45) is -4.15. The molecule has 1 rings (SSSR count). The summed E-state index contributed by atoms with van der Waals surface area (Å²) in [5.41, 5.74) is 0.0395. The van der Waals surface area contributed by atoms with Crippen LogP contribution in [0, 0.1) is 0 Å². The van der Waals surface area contributed by atoms with Crippen LogP contribution in [0.5, 0.6) is 11.6 Å². The van der Waals surface area contributed by atoms with Crippen LogP contribution in [0.15, 0.2) is 6.20 Å². The van der Waals surface area contributed by atoms with E-state index in [2.05, 4.69) is 25.7 Å². The molecule has 0 aromatic carbocycles. The molecule has 0 aliphatic carbocycles. The third-order valence-electron chi connectivity index (χ3n) is 2.34. The number of rotatable bonds is 6. The Hall–Kier alpha value is -1.51. The van der Waals surface area contributed by atoms with Gasteiger partial charge in [0.25, 0.3) is 0 Å². The van der Waals surface area contributed by atoms with Gasteiger partial charge in [-0.05, 0) is 6.92 Å². The number of esters is 1. The molecule has 21 heavy (non-hydrogen) atoms. The Bertz CT molecular complexity index is 508. The number of carbonyl (C=O) groups excluding carboxylic acids is 1. The van der Waals surface area contributed by atoms with Crippen LogP contribution < -0.4 is 9.47 Å². The van der Waals surface area contributed by atoms with E-state index in [0.717, 1.165) is 0 Å². The summed E-state index contributed by atoms with van der Waals surface area (Å²) in [5.74, 6) is -1.32. The minimum absolute atomic E-state index is 0.0746. The predicted molar refractivity (Wildman–Crippen MR) is 70.4 cm³/mol. The lowest BCUT2D eigenvalue weighted by molar-refractivity contribution is -0.275. The Morgan fingerprint density at radius 2 is 2.10 bits per heavy atom. The van der Waals surface area contributed by atoms with Gasteiger partial charge in [0.2, 0.25) is 5.88 Å². The van der Waals surface area contributed by atoms with E-state index >= 15 is 0 Å². The van der Waals surface area contributed by atoms with E-state index in [4.69, 9.17) is 9.47 Å². The Morgan fingerprint density at radius 3 is 2.57 bits per heavy atom. The Morgan fingerprint density at radius 1 is 1.43 bits per heavy atom. The van der Waals surface area contributed by atoms with Gasteiger partial charge in [-0.3, -0.25) is 4.79 Å². The fourth-order valence-electron chi connectivity index (χ4n) is 1.59. The van der Waals surface area contributed by atoms with Crippen molar-refractivity contribution in [3.8, 4) is 11.6 Å². The van der Waals surface area contributed by atoms with Crippen molar-refractivity contribution in [1.82, 2.24) is 4.98 Å². The first-order valence-electron chi connectivity index (χ1n) is 5.84. The highest BCUT2D eigenvalue weighted by Crippen LogP contribution is 2.36. The highest BCUT2D eigenvalue weighted by Gasteiger charge is 2.34. The van der Waals surface area contributed by atoms with Gasteiger partial charge in [-0.25, -0.2) is 4.98 Å². The van der Waals surface area contributed by atoms with Crippen LogP contribution in [-0.4, -0.2) is 31.0 Å². The van der Waals surface area contributed by atoms with E-state index in [-0.39, 0.29) is 28.9 Å². The predicted octanol–water partition coefficient (Wildman–Crippen LogP) is 2.99. The van der Waals surface area contributed by atoms with Gasteiger partial charge < -0.3 is 14.2 Å². The molecule has 1 aromatic heterocycles. The minimum atomic E-state index is -4.90. The average Bonchev–Trinajstić information content (AvgIpc) is 2.39. The standard InChI is InChI=1S/C12H13BrF3NO4/c1-3-20-9(18)4-8-10(21-12(14,15)16)7(5-13)6-17-11(8)19-2/h6H,3-5H2,1-2H3. The van der Waals surface area contributed by atoms with Gasteiger partial charge in [0.15, 0.2) is 0 Å². The molecule has 1 heterocycles. The first-order chi connectivity index (χ1) is 9.82. The normalized spacial score (nSPS) is 11.1. The molecule has 0 aliphatic heterocycles. The summed E-state index contributed by atoms with van der Waals surface area (Å²) in [7, 11) is 1.24. The van der Waals surface area contributed by atoms with Crippen molar-refractivity contribution < 1.29 is 32.2 Å². The Balaban J connectivity index is 3.29. The number of methoxy groups -OCH3 is 1. The van der Waals surface area contributed by atoms with Crippen LogP contribution in [0.25, 0.3) is 0 Å². The van der Waals surface area contributed by atoms with Crippen molar-refractivity contribution in [2.45, 2.75) is 25.0 Å². The molecule has 5 nitrogen and oxygen atoms in total. The second-order valence-corrected chi connectivity index (χ2v) is 4.32. The molecule has 0 bridgehead atoms. The van der Waals surface area contributed by atoms with Crippen molar-refractivity contribution in [2.24, 2.45) is 0 Å². The van der Waals surface area contributed by atoms with Gasteiger partial charge in [-0.1, -0.05) is 15.9 Å². The molecule has 0 saturated heterocycles. The lowest BCUT2D eigenvalue weighted by Crippen LogP contribution is -2.21. The summed E-state index contributed by atoms with van der Waals surface area (Å²) in [5, 5.41) is 0.0746. The fourth-order valence-corrected chi connectivity index (χ4v) is 1.99. The lowest BCUT2D eigenvalue weighted by atomic mass is 10.1. The zero-order chi connectivity index (χ0) is 16.0. The van der Waals surface area contributed by atoms with E-state index in [1.807, 2.05) is 0 Å². The second-order valence-electron chi connectivity index (χ2n) is 3.76. The molecule has 0 amide bonds. The Labute approximate surface area is 127 Å². The molecule has 0 radical (unpaired) electrons. The monoisotopic (exact) mass is 371 g/mol.